The van der Waals surface area contributed by atoms with Gasteiger partial charge in [0.05, 0.1) is 17.1 Å². The summed E-state index contributed by atoms with van der Waals surface area (Å²) in [5, 5.41) is 13.4. The molecule has 0 saturated heterocycles. The van der Waals surface area contributed by atoms with Crippen LogP contribution in [0, 0.1) is 13.8 Å². The van der Waals surface area contributed by atoms with Crippen LogP contribution in [0.15, 0.2) is 23.6 Å². The van der Waals surface area contributed by atoms with Crippen LogP contribution >= 0.6 is 23.1 Å². The Morgan fingerprint density at radius 1 is 1.20 bits per heavy atom. The molecule has 0 aliphatic heterocycles. The summed E-state index contributed by atoms with van der Waals surface area (Å²) in [5.41, 5.74) is 9.55. The predicted molar refractivity (Wildman–Crippen MR) is 101 cm³/mol. The van der Waals surface area contributed by atoms with Crippen LogP contribution in [0.25, 0.3) is 11.1 Å². The fourth-order valence-electron chi connectivity index (χ4n) is 2.21. The lowest BCUT2D eigenvalue weighted by molar-refractivity contribution is -0.133. The number of aryl methyl sites for hydroxylation is 2. The number of thiophene rings is 1. The Morgan fingerprint density at radius 2 is 1.92 bits per heavy atom. The Morgan fingerprint density at radius 3 is 2.52 bits per heavy atom. The fraction of sp³-hybridized carbons (Fsp3) is 0.235. The molecule has 0 bridgehead atoms. The summed E-state index contributed by atoms with van der Waals surface area (Å²) < 4.78 is 0. The molecule has 2 amide bonds. The quantitative estimate of drug-likeness (QED) is 0.686. The van der Waals surface area contributed by atoms with Crippen LogP contribution < -0.4 is 11.1 Å². The van der Waals surface area contributed by atoms with E-state index >= 15 is 0 Å². The van der Waals surface area contributed by atoms with Crippen LogP contribution in [-0.4, -0.2) is 34.4 Å². The van der Waals surface area contributed by atoms with Gasteiger partial charge in [-0.3, -0.25) is 14.4 Å². The van der Waals surface area contributed by atoms with Gasteiger partial charge in [0.2, 0.25) is 5.91 Å². The standard InChI is InChI=1S/C17H18N2O4S2/c1-9-3-4-11(5-10(9)2)12-6-25-17(15(12)16(18)23)19-13(20)7-24-8-14(21)22/h3-6H,7-8H2,1-2H3,(H2,18,23)(H,19,20)(H,21,22). The molecule has 2 rings (SSSR count). The van der Waals surface area contributed by atoms with E-state index in [-0.39, 0.29) is 23.0 Å². The second-order valence-corrected chi connectivity index (χ2v) is 7.32. The van der Waals surface area contributed by atoms with Crippen molar-refractivity contribution in [1.29, 1.82) is 0 Å². The molecule has 6 nitrogen and oxygen atoms in total. The highest BCUT2D eigenvalue weighted by atomic mass is 32.2. The minimum Gasteiger partial charge on any atom is -0.481 e. The molecule has 0 aliphatic carbocycles. The van der Waals surface area contributed by atoms with E-state index in [0.29, 0.717) is 10.6 Å². The maximum absolute atomic E-state index is 11.9. The van der Waals surface area contributed by atoms with Crippen molar-refractivity contribution in [1.82, 2.24) is 0 Å². The molecule has 0 aliphatic rings. The minimum absolute atomic E-state index is 0.0125. The topological polar surface area (TPSA) is 109 Å². The highest BCUT2D eigenvalue weighted by Crippen LogP contribution is 2.36. The van der Waals surface area contributed by atoms with Crippen molar-refractivity contribution >= 4 is 45.9 Å². The third-order valence-electron chi connectivity index (χ3n) is 3.57. The van der Waals surface area contributed by atoms with Crippen LogP contribution in [0.2, 0.25) is 0 Å². The summed E-state index contributed by atoms with van der Waals surface area (Å²) in [4.78, 5) is 34.3. The van der Waals surface area contributed by atoms with E-state index in [0.717, 1.165) is 28.5 Å². The first-order chi connectivity index (χ1) is 11.8. The molecule has 2 aromatic rings. The second kappa shape index (κ2) is 8.17. The normalized spacial score (nSPS) is 10.5. The van der Waals surface area contributed by atoms with Crippen LogP contribution in [0.3, 0.4) is 0 Å². The largest absolute Gasteiger partial charge is 0.481 e. The van der Waals surface area contributed by atoms with Gasteiger partial charge in [0, 0.05) is 10.9 Å². The van der Waals surface area contributed by atoms with Crippen molar-refractivity contribution in [3.63, 3.8) is 0 Å². The van der Waals surface area contributed by atoms with Crippen molar-refractivity contribution in [3.8, 4) is 11.1 Å². The average molecular weight is 378 g/mol. The Kier molecular flexibility index (Phi) is 6.22. The van der Waals surface area contributed by atoms with Crippen molar-refractivity contribution in [2.24, 2.45) is 5.73 Å². The van der Waals surface area contributed by atoms with Gasteiger partial charge in [0.1, 0.15) is 5.00 Å². The predicted octanol–water partition coefficient (Wildman–Crippen LogP) is 2.89. The van der Waals surface area contributed by atoms with Gasteiger partial charge in [-0.1, -0.05) is 18.2 Å². The molecule has 1 heterocycles. The lowest BCUT2D eigenvalue weighted by Gasteiger charge is -2.08. The molecule has 0 unspecified atom stereocenters. The zero-order chi connectivity index (χ0) is 18.6. The van der Waals surface area contributed by atoms with E-state index in [2.05, 4.69) is 5.32 Å². The number of amides is 2. The molecule has 132 valence electrons. The first kappa shape index (κ1) is 19.0. The van der Waals surface area contributed by atoms with Gasteiger partial charge < -0.3 is 16.2 Å². The van der Waals surface area contributed by atoms with Gasteiger partial charge in [-0.15, -0.1) is 23.1 Å². The highest BCUT2D eigenvalue weighted by Gasteiger charge is 2.20. The molecule has 0 saturated carbocycles. The molecule has 25 heavy (non-hydrogen) atoms. The van der Waals surface area contributed by atoms with Gasteiger partial charge in [-0.25, -0.2) is 0 Å². The number of carbonyl (C=O) groups excluding carboxylic acids is 2. The number of carboxylic acid groups (broad SMARTS) is 1. The molecule has 8 heteroatoms. The summed E-state index contributed by atoms with van der Waals surface area (Å²) in [6.07, 6.45) is 0. The van der Waals surface area contributed by atoms with Crippen molar-refractivity contribution in [2.45, 2.75) is 13.8 Å². The second-order valence-electron chi connectivity index (χ2n) is 5.45. The van der Waals surface area contributed by atoms with E-state index in [1.807, 2.05) is 32.0 Å². The van der Waals surface area contributed by atoms with Crippen LogP contribution in [0.5, 0.6) is 0 Å². The van der Waals surface area contributed by atoms with E-state index in [9.17, 15) is 14.4 Å². The minimum atomic E-state index is -0.983. The smallest absolute Gasteiger partial charge is 0.313 e. The number of nitrogens with two attached hydrogens (primary N) is 1. The molecular weight excluding hydrogens is 360 g/mol. The number of hydrogen-bond acceptors (Lipinski definition) is 5. The number of nitrogens with one attached hydrogen (secondary N) is 1. The lowest BCUT2D eigenvalue weighted by Crippen LogP contribution is -2.19. The van der Waals surface area contributed by atoms with Crippen LogP contribution in [0.1, 0.15) is 21.5 Å². The van der Waals surface area contributed by atoms with E-state index < -0.39 is 11.9 Å². The summed E-state index contributed by atoms with van der Waals surface area (Å²) >= 11 is 2.21. The number of hydrogen-bond donors (Lipinski definition) is 3. The molecule has 0 spiro atoms. The maximum Gasteiger partial charge on any atom is 0.313 e. The van der Waals surface area contributed by atoms with E-state index in [4.69, 9.17) is 10.8 Å². The number of carbonyl (C=O) groups is 3. The van der Waals surface area contributed by atoms with Crippen molar-refractivity contribution in [3.05, 3.63) is 40.3 Å². The number of carboxylic acids is 1. The van der Waals surface area contributed by atoms with Gasteiger partial charge in [0.25, 0.3) is 5.91 Å². The summed E-state index contributed by atoms with van der Waals surface area (Å²) in [7, 11) is 0. The van der Waals surface area contributed by atoms with Crippen molar-refractivity contribution in [2.75, 3.05) is 16.8 Å². The Balaban J connectivity index is 2.24. The van der Waals surface area contributed by atoms with Crippen molar-refractivity contribution < 1.29 is 19.5 Å². The third-order valence-corrected chi connectivity index (χ3v) is 5.38. The van der Waals surface area contributed by atoms with E-state index in [1.54, 1.807) is 5.38 Å². The molecule has 1 aromatic carbocycles. The Labute approximate surface area is 153 Å². The number of anilines is 1. The first-order valence-corrected chi connectivity index (χ1v) is 9.41. The summed E-state index contributed by atoms with van der Waals surface area (Å²) in [6.45, 7) is 3.99. The van der Waals surface area contributed by atoms with Crippen LogP contribution in [-0.2, 0) is 9.59 Å². The first-order valence-electron chi connectivity index (χ1n) is 7.38. The molecule has 0 radical (unpaired) electrons. The number of aliphatic carboxylic acids is 1. The number of primary amides is 1. The third kappa shape index (κ3) is 4.83. The molecule has 4 N–H and O–H groups in total. The zero-order valence-corrected chi connectivity index (χ0v) is 15.4. The van der Waals surface area contributed by atoms with Gasteiger partial charge in [-0.2, -0.15) is 0 Å². The number of rotatable bonds is 7. The fourth-order valence-corrected chi connectivity index (χ4v) is 3.73. The van der Waals surface area contributed by atoms with Crippen LogP contribution in [0.4, 0.5) is 5.00 Å². The molecule has 0 atom stereocenters. The number of thioether (sulfide) groups is 1. The van der Waals surface area contributed by atoms with Gasteiger partial charge in [-0.05, 0) is 30.5 Å². The summed E-state index contributed by atoms with van der Waals surface area (Å²) in [5.74, 6) is -2.15. The Hall–Kier alpha value is -2.32. The lowest BCUT2D eigenvalue weighted by atomic mass is 9.99. The monoisotopic (exact) mass is 378 g/mol. The highest BCUT2D eigenvalue weighted by molar-refractivity contribution is 8.00. The SMILES string of the molecule is Cc1ccc(-c2csc(NC(=O)CSCC(=O)O)c2C(N)=O)cc1C. The maximum atomic E-state index is 11.9. The van der Waals surface area contributed by atoms with Gasteiger partial charge in [0.15, 0.2) is 0 Å². The molecule has 0 fully saturated rings. The summed E-state index contributed by atoms with van der Waals surface area (Å²) in [6, 6.07) is 5.84. The van der Waals surface area contributed by atoms with E-state index in [1.165, 1.54) is 11.3 Å². The Bertz CT molecular complexity index is 830. The molecular formula is C17H18N2O4S2. The molecule has 1 aromatic heterocycles. The average Bonchev–Trinajstić information content (AvgIpc) is 2.93. The number of benzene rings is 1. The van der Waals surface area contributed by atoms with Gasteiger partial charge >= 0.3 is 5.97 Å². The zero-order valence-electron chi connectivity index (χ0n) is 13.8.